The topological polar surface area (TPSA) is 108 Å². The standard InChI is InChI=1S/C44H78NO8P/c1-6-8-10-12-14-16-18-20-22-24-26-28-30-32-34-36-43(46)50-40-42(41-52-54(48,49)51-39-38-45(3,4)5)53-44(47)37-35-33-31-29-27-25-23-21-19-17-15-13-11-9-7-2/h7-8,10,14,16,20,22,26,28,42H,2,6,9,11-13,15,17-19,21,23-25,27,29-41H2,1,3-5H3/p+1/b10-8+,16-14+,22-20+,28-26+/t42-/m1/s1. The number of allylic oxidation sites excluding steroid dienone is 9. The lowest BCUT2D eigenvalue weighted by atomic mass is 10.0. The Hall–Kier alpha value is -2.29. The fraction of sp³-hybridized carbons (Fsp3) is 0.727. The van der Waals surface area contributed by atoms with Crippen LogP contribution in [0.4, 0.5) is 0 Å². The smallest absolute Gasteiger partial charge is 0.462 e. The highest BCUT2D eigenvalue weighted by atomic mass is 31.2. The Morgan fingerprint density at radius 1 is 0.630 bits per heavy atom. The average molecular weight is 781 g/mol. The van der Waals surface area contributed by atoms with E-state index in [9.17, 15) is 19.0 Å². The molecule has 0 radical (unpaired) electrons. The number of ether oxygens (including phenoxy) is 2. The number of phosphoric acid groups is 1. The predicted molar refractivity (Wildman–Crippen MR) is 224 cm³/mol. The molecule has 0 aromatic heterocycles. The minimum Gasteiger partial charge on any atom is -0.462 e. The maximum atomic E-state index is 12.7. The van der Waals surface area contributed by atoms with Crippen molar-refractivity contribution in [1.29, 1.82) is 0 Å². The zero-order valence-electron chi connectivity index (χ0n) is 34.8. The molecule has 0 amide bonds. The summed E-state index contributed by atoms with van der Waals surface area (Å²) in [7, 11) is 1.44. The molecule has 0 aliphatic carbocycles. The van der Waals surface area contributed by atoms with Gasteiger partial charge in [0.15, 0.2) is 6.10 Å². The van der Waals surface area contributed by atoms with Crippen LogP contribution >= 0.6 is 7.82 Å². The summed E-state index contributed by atoms with van der Waals surface area (Å²) in [6.45, 7) is 5.76. The van der Waals surface area contributed by atoms with Crippen LogP contribution in [0.5, 0.6) is 0 Å². The molecule has 0 bridgehead atoms. The number of carbonyl (C=O) groups is 2. The van der Waals surface area contributed by atoms with E-state index < -0.39 is 32.5 Å². The van der Waals surface area contributed by atoms with Crippen molar-refractivity contribution in [2.75, 3.05) is 47.5 Å². The number of nitrogens with zero attached hydrogens (tertiary/aromatic N) is 1. The van der Waals surface area contributed by atoms with Gasteiger partial charge in [-0.2, -0.15) is 0 Å². The molecule has 0 saturated heterocycles. The molecule has 2 atom stereocenters. The van der Waals surface area contributed by atoms with Gasteiger partial charge in [0.25, 0.3) is 0 Å². The van der Waals surface area contributed by atoms with E-state index in [1.165, 1.54) is 57.8 Å². The third kappa shape index (κ3) is 39.4. The summed E-state index contributed by atoms with van der Waals surface area (Å²) in [5.41, 5.74) is 0. The molecule has 9 nitrogen and oxygen atoms in total. The third-order valence-electron chi connectivity index (χ3n) is 8.68. The summed E-state index contributed by atoms with van der Waals surface area (Å²) in [5.74, 6) is -0.854. The van der Waals surface area contributed by atoms with Crippen molar-refractivity contribution >= 4 is 19.8 Å². The lowest BCUT2D eigenvalue weighted by Gasteiger charge is -2.24. The second kappa shape index (κ2) is 36.4. The van der Waals surface area contributed by atoms with Gasteiger partial charge in [0.05, 0.1) is 27.7 Å². The number of hydrogen-bond donors (Lipinski definition) is 1. The number of quaternary nitrogens is 1. The summed E-state index contributed by atoms with van der Waals surface area (Å²) in [4.78, 5) is 35.3. The molecule has 1 N–H and O–H groups in total. The third-order valence-corrected chi connectivity index (χ3v) is 9.66. The van der Waals surface area contributed by atoms with Gasteiger partial charge in [0, 0.05) is 12.8 Å². The maximum absolute atomic E-state index is 12.7. The molecule has 0 heterocycles. The largest absolute Gasteiger partial charge is 0.472 e. The molecule has 0 rings (SSSR count). The predicted octanol–water partition coefficient (Wildman–Crippen LogP) is 11.7. The van der Waals surface area contributed by atoms with Gasteiger partial charge in [-0.1, -0.05) is 132 Å². The number of phosphoric ester groups is 1. The van der Waals surface area contributed by atoms with Crippen LogP contribution in [0.3, 0.4) is 0 Å². The van der Waals surface area contributed by atoms with Gasteiger partial charge in [-0.05, 0) is 64.2 Å². The highest BCUT2D eigenvalue weighted by Gasteiger charge is 2.27. The summed E-state index contributed by atoms with van der Waals surface area (Å²) >= 11 is 0. The first-order chi connectivity index (χ1) is 26.0. The first kappa shape index (κ1) is 51.7. The molecule has 0 saturated carbocycles. The van der Waals surface area contributed by atoms with Crippen LogP contribution in [0.25, 0.3) is 0 Å². The van der Waals surface area contributed by atoms with Crippen LogP contribution in [-0.2, 0) is 32.7 Å². The van der Waals surface area contributed by atoms with E-state index in [1.807, 2.05) is 27.2 Å². The van der Waals surface area contributed by atoms with Gasteiger partial charge in [-0.15, -0.1) is 6.58 Å². The lowest BCUT2D eigenvalue weighted by molar-refractivity contribution is -0.870. The normalized spacial score (nSPS) is 14.0. The van der Waals surface area contributed by atoms with E-state index in [-0.39, 0.29) is 26.1 Å². The van der Waals surface area contributed by atoms with E-state index in [0.29, 0.717) is 23.9 Å². The van der Waals surface area contributed by atoms with Crippen molar-refractivity contribution in [3.63, 3.8) is 0 Å². The minimum atomic E-state index is -4.38. The van der Waals surface area contributed by atoms with Crippen LogP contribution in [-0.4, -0.2) is 74.9 Å². The number of rotatable bonds is 38. The van der Waals surface area contributed by atoms with E-state index in [2.05, 4.69) is 62.1 Å². The number of unbranched alkanes of at least 4 members (excludes halogenated alkanes) is 15. The molecule has 312 valence electrons. The molecule has 1 unspecified atom stereocenters. The van der Waals surface area contributed by atoms with Gasteiger partial charge in [0.1, 0.15) is 19.8 Å². The molecule has 0 aliphatic heterocycles. The zero-order valence-corrected chi connectivity index (χ0v) is 35.7. The van der Waals surface area contributed by atoms with E-state index in [0.717, 1.165) is 64.2 Å². The van der Waals surface area contributed by atoms with Gasteiger partial charge in [-0.3, -0.25) is 18.6 Å². The summed E-state index contributed by atoms with van der Waals surface area (Å²) in [6.07, 6.45) is 41.6. The Balaban J connectivity index is 4.44. The Morgan fingerprint density at radius 2 is 1.09 bits per heavy atom. The van der Waals surface area contributed by atoms with Crippen LogP contribution < -0.4 is 0 Å². The van der Waals surface area contributed by atoms with Crippen molar-refractivity contribution in [2.45, 2.75) is 161 Å². The molecule has 54 heavy (non-hydrogen) atoms. The number of hydrogen-bond acceptors (Lipinski definition) is 7. The fourth-order valence-electron chi connectivity index (χ4n) is 5.40. The van der Waals surface area contributed by atoms with E-state index in [1.54, 1.807) is 0 Å². The molecule has 0 spiro atoms. The SMILES string of the molecule is C=CCCCCCCCCCCCCCCCC(=O)O[C@H](COC(=O)CCCC/C=C/C/C=C/C/C=C/C/C=C/CC)COP(=O)(O)OCC[N+](C)(C)C. The Labute approximate surface area is 330 Å². The maximum Gasteiger partial charge on any atom is 0.472 e. The Morgan fingerprint density at radius 3 is 1.63 bits per heavy atom. The molecule has 0 aromatic carbocycles. The average Bonchev–Trinajstić information content (AvgIpc) is 3.12. The van der Waals surface area contributed by atoms with Crippen molar-refractivity contribution in [3.8, 4) is 0 Å². The summed E-state index contributed by atoms with van der Waals surface area (Å²) < 4.78 is 34.2. The second-order valence-corrected chi connectivity index (χ2v) is 16.5. The highest BCUT2D eigenvalue weighted by molar-refractivity contribution is 7.47. The minimum absolute atomic E-state index is 0.0222. The van der Waals surface area contributed by atoms with Crippen LogP contribution in [0, 0.1) is 0 Å². The van der Waals surface area contributed by atoms with Crippen molar-refractivity contribution in [1.82, 2.24) is 0 Å². The zero-order chi connectivity index (χ0) is 40.0. The van der Waals surface area contributed by atoms with Crippen LogP contribution in [0.2, 0.25) is 0 Å². The van der Waals surface area contributed by atoms with Crippen molar-refractivity contribution in [3.05, 3.63) is 61.3 Å². The molecule has 10 heteroatoms. The Bertz CT molecular complexity index is 1090. The lowest BCUT2D eigenvalue weighted by Crippen LogP contribution is -2.37. The second-order valence-electron chi connectivity index (χ2n) is 15.1. The molecule has 0 aromatic rings. The molecular weight excluding hydrogens is 701 g/mol. The number of likely N-dealkylation sites (N-methyl/N-ethyl adjacent to an activating group) is 1. The summed E-state index contributed by atoms with van der Waals surface area (Å²) in [5, 5.41) is 0. The van der Waals surface area contributed by atoms with Gasteiger partial charge < -0.3 is 18.9 Å². The van der Waals surface area contributed by atoms with Gasteiger partial charge in [-0.25, -0.2) is 4.57 Å². The Kier molecular flexibility index (Phi) is 34.8. The first-order valence-electron chi connectivity index (χ1n) is 21.0. The number of esters is 2. The van der Waals surface area contributed by atoms with E-state index in [4.69, 9.17) is 18.5 Å². The van der Waals surface area contributed by atoms with Gasteiger partial charge >= 0.3 is 19.8 Å². The van der Waals surface area contributed by atoms with Crippen molar-refractivity contribution < 1.29 is 42.1 Å². The number of carbonyl (C=O) groups excluding carboxylic acids is 2. The molecule has 0 aliphatic rings. The first-order valence-corrected chi connectivity index (χ1v) is 22.5. The van der Waals surface area contributed by atoms with E-state index >= 15 is 0 Å². The molecule has 0 fully saturated rings. The monoisotopic (exact) mass is 781 g/mol. The fourth-order valence-corrected chi connectivity index (χ4v) is 6.14. The van der Waals surface area contributed by atoms with Gasteiger partial charge in [0.2, 0.25) is 0 Å². The van der Waals surface area contributed by atoms with Crippen LogP contribution in [0.1, 0.15) is 155 Å². The summed E-state index contributed by atoms with van der Waals surface area (Å²) in [6, 6.07) is 0. The molecular formula is C44H79NO8P+. The quantitative estimate of drug-likeness (QED) is 0.0217. The highest BCUT2D eigenvalue weighted by Crippen LogP contribution is 2.43. The van der Waals surface area contributed by atoms with Crippen LogP contribution in [0.15, 0.2) is 61.3 Å². The van der Waals surface area contributed by atoms with Crippen molar-refractivity contribution in [2.24, 2.45) is 0 Å².